The lowest BCUT2D eigenvalue weighted by Crippen LogP contribution is -2.31. The highest BCUT2D eigenvalue weighted by atomic mass is 79.9. The zero-order valence-corrected chi connectivity index (χ0v) is 12.1. The van der Waals surface area contributed by atoms with Gasteiger partial charge in [0.05, 0.1) is 12.6 Å². The number of benzene rings is 1. The van der Waals surface area contributed by atoms with E-state index in [1.807, 2.05) is 36.5 Å². The van der Waals surface area contributed by atoms with Gasteiger partial charge in [0.2, 0.25) is 0 Å². The largest absolute Gasteiger partial charge is 0.394 e. The van der Waals surface area contributed by atoms with Crippen molar-refractivity contribution in [1.29, 1.82) is 0 Å². The van der Waals surface area contributed by atoms with Gasteiger partial charge in [-0.3, -0.25) is 4.79 Å². The van der Waals surface area contributed by atoms with Crippen molar-refractivity contribution < 1.29 is 9.90 Å². The molecule has 2 N–H and O–H groups in total. The Labute approximate surface area is 120 Å². The Balaban J connectivity index is 2.15. The minimum atomic E-state index is -0.401. The van der Waals surface area contributed by atoms with Crippen LogP contribution in [0, 0.1) is 0 Å². The smallest absolute Gasteiger partial charge is 0.268 e. The summed E-state index contributed by atoms with van der Waals surface area (Å²) in [6.45, 7) is -0.138. The van der Waals surface area contributed by atoms with Gasteiger partial charge in [0.15, 0.2) is 0 Å². The number of nitrogens with zero attached hydrogens (tertiary/aromatic N) is 1. The first-order chi connectivity index (χ1) is 9.11. The summed E-state index contributed by atoms with van der Waals surface area (Å²) in [5, 5.41) is 12.2. The van der Waals surface area contributed by atoms with Crippen LogP contribution >= 0.6 is 15.9 Å². The molecule has 4 nitrogen and oxygen atoms in total. The van der Waals surface area contributed by atoms with E-state index in [9.17, 15) is 9.90 Å². The molecule has 1 amide bonds. The van der Waals surface area contributed by atoms with Crippen molar-refractivity contribution in [2.45, 2.75) is 6.04 Å². The molecule has 0 spiro atoms. The lowest BCUT2D eigenvalue weighted by Gasteiger charge is -2.16. The van der Waals surface area contributed by atoms with Crippen molar-refractivity contribution >= 4 is 21.8 Å². The monoisotopic (exact) mass is 322 g/mol. The van der Waals surface area contributed by atoms with E-state index in [2.05, 4.69) is 21.2 Å². The molecular formula is C14H15BrN2O2. The first kappa shape index (κ1) is 13.8. The number of carbonyl (C=O) groups is 1. The second-order valence-electron chi connectivity index (χ2n) is 4.27. The van der Waals surface area contributed by atoms with Crippen molar-refractivity contribution in [3.05, 3.63) is 58.3 Å². The molecule has 2 rings (SSSR count). The molecule has 5 heteroatoms. The normalized spacial score (nSPS) is 12.2. The predicted molar refractivity (Wildman–Crippen MR) is 76.8 cm³/mol. The fraction of sp³-hybridized carbons (Fsp3) is 0.214. The van der Waals surface area contributed by atoms with Gasteiger partial charge in [-0.1, -0.05) is 30.3 Å². The van der Waals surface area contributed by atoms with Crippen molar-refractivity contribution in [2.75, 3.05) is 6.61 Å². The fourth-order valence-electron chi connectivity index (χ4n) is 1.90. The lowest BCUT2D eigenvalue weighted by atomic mass is 10.1. The van der Waals surface area contributed by atoms with Crippen molar-refractivity contribution in [1.82, 2.24) is 9.88 Å². The molecule has 0 aliphatic heterocycles. The molecule has 2 aromatic rings. The van der Waals surface area contributed by atoms with Crippen LogP contribution in [0.25, 0.3) is 0 Å². The highest BCUT2D eigenvalue weighted by Gasteiger charge is 2.17. The second kappa shape index (κ2) is 6.04. The van der Waals surface area contributed by atoms with Crippen LogP contribution in [0.4, 0.5) is 0 Å². The standard InChI is InChI=1S/C14H15BrN2O2/c1-17-8-11(15)7-13(17)14(19)16-12(9-18)10-5-3-2-4-6-10/h2-8,12,18H,9H2,1H3,(H,16,19). The summed E-state index contributed by atoms with van der Waals surface area (Å²) in [5.41, 5.74) is 1.42. The van der Waals surface area contributed by atoms with Crippen LogP contribution in [0.15, 0.2) is 47.1 Å². The molecule has 0 aliphatic rings. The summed E-state index contributed by atoms with van der Waals surface area (Å²) >= 11 is 3.33. The molecule has 100 valence electrons. The number of hydrogen-bond donors (Lipinski definition) is 2. The fourth-order valence-corrected chi connectivity index (χ4v) is 2.43. The number of halogens is 1. The van der Waals surface area contributed by atoms with Crippen LogP contribution in [-0.4, -0.2) is 22.2 Å². The van der Waals surface area contributed by atoms with Crippen LogP contribution in [0.3, 0.4) is 0 Å². The van der Waals surface area contributed by atoms with E-state index in [4.69, 9.17) is 0 Å². The van der Waals surface area contributed by atoms with E-state index in [0.717, 1.165) is 10.0 Å². The van der Waals surface area contributed by atoms with Gasteiger partial charge in [-0.2, -0.15) is 0 Å². The highest BCUT2D eigenvalue weighted by molar-refractivity contribution is 9.10. The third-order valence-electron chi connectivity index (χ3n) is 2.89. The molecule has 0 bridgehead atoms. The third-order valence-corrected chi connectivity index (χ3v) is 3.33. The molecule has 1 atom stereocenters. The van der Waals surface area contributed by atoms with Crippen LogP contribution < -0.4 is 5.32 Å². The van der Waals surface area contributed by atoms with E-state index in [-0.39, 0.29) is 12.5 Å². The van der Waals surface area contributed by atoms with Crippen LogP contribution in [0.5, 0.6) is 0 Å². The topological polar surface area (TPSA) is 54.3 Å². The van der Waals surface area contributed by atoms with E-state index in [1.165, 1.54) is 0 Å². The van der Waals surface area contributed by atoms with Crippen molar-refractivity contribution in [2.24, 2.45) is 7.05 Å². The Kier molecular flexibility index (Phi) is 4.39. The average Bonchev–Trinajstić information content (AvgIpc) is 2.76. The molecule has 0 radical (unpaired) electrons. The van der Waals surface area contributed by atoms with E-state index in [0.29, 0.717) is 5.69 Å². The van der Waals surface area contributed by atoms with Gasteiger partial charge >= 0.3 is 0 Å². The summed E-state index contributed by atoms with van der Waals surface area (Å²) in [7, 11) is 1.80. The number of nitrogens with one attached hydrogen (secondary N) is 1. The van der Waals surface area contributed by atoms with Crippen molar-refractivity contribution in [3.63, 3.8) is 0 Å². The first-order valence-corrected chi connectivity index (χ1v) is 6.69. The van der Waals surface area contributed by atoms with Gasteiger partial charge in [0.25, 0.3) is 5.91 Å². The quantitative estimate of drug-likeness (QED) is 0.907. The molecule has 0 aliphatic carbocycles. The Morgan fingerprint density at radius 2 is 2.11 bits per heavy atom. The van der Waals surface area contributed by atoms with Gasteiger partial charge in [-0.25, -0.2) is 0 Å². The lowest BCUT2D eigenvalue weighted by molar-refractivity contribution is 0.0908. The maximum atomic E-state index is 12.2. The van der Waals surface area contributed by atoms with Crippen LogP contribution in [0.1, 0.15) is 22.1 Å². The Morgan fingerprint density at radius 3 is 2.63 bits per heavy atom. The van der Waals surface area contributed by atoms with E-state index in [1.54, 1.807) is 17.7 Å². The SMILES string of the molecule is Cn1cc(Br)cc1C(=O)NC(CO)c1ccccc1. The number of hydrogen-bond acceptors (Lipinski definition) is 2. The Hall–Kier alpha value is -1.59. The van der Waals surface area contributed by atoms with Crippen molar-refractivity contribution in [3.8, 4) is 0 Å². The van der Waals surface area contributed by atoms with Gasteiger partial charge in [-0.15, -0.1) is 0 Å². The summed E-state index contributed by atoms with van der Waals surface area (Å²) in [5.74, 6) is -0.212. The van der Waals surface area contributed by atoms with E-state index >= 15 is 0 Å². The average molecular weight is 323 g/mol. The number of rotatable bonds is 4. The first-order valence-electron chi connectivity index (χ1n) is 5.90. The summed E-state index contributed by atoms with van der Waals surface area (Å²) in [4.78, 5) is 12.2. The minimum Gasteiger partial charge on any atom is -0.394 e. The van der Waals surface area contributed by atoms with Crippen LogP contribution in [0.2, 0.25) is 0 Å². The number of aromatic nitrogens is 1. The van der Waals surface area contributed by atoms with Gasteiger partial charge in [-0.05, 0) is 27.6 Å². The maximum Gasteiger partial charge on any atom is 0.268 e. The summed E-state index contributed by atoms with van der Waals surface area (Å²) in [6.07, 6.45) is 1.81. The number of aliphatic hydroxyl groups is 1. The highest BCUT2D eigenvalue weighted by Crippen LogP contribution is 2.16. The number of aryl methyl sites for hydroxylation is 1. The maximum absolute atomic E-state index is 12.2. The molecule has 0 saturated carbocycles. The molecular weight excluding hydrogens is 308 g/mol. The number of amides is 1. The molecule has 19 heavy (non-hydrogen) atoms. The second-order valence-corrected chi connectivity index (χ2v) is 5.19. The molecule has 0 fully saturated rings. The van der Waals surface area contributed by atoms with Crippen LogP contribution in [-0.2, 0) is 7.05 Å². The van der Waals surface area contributed by atoms with Gasteiger partial charge in [0, 0.05) is 17.7 Å². The molecule has 0 saturated heterocycles. The summed E-state index contributed by atoms with van der Waals surface area (Å²) in [6, 6.07) is 10.8. The zero-order valence-electron chi connectivity index (χ0n) is 10.5. The molecule has 1 aromatic heterocycles. The zero-order chi connectivity index (χ0) is 13.8. The third kappa shape index (κ3) is 3.24. The van der Waals surface area contributed by atoms with Gasteiger partial charge in [0.1, 0.15) is 5.69 Å². The number of aliphatic hydroxyl groups excluding tert-OH is 1. The van der Waals surface area contributed by atoms with E-state index < -0.39 is 6.04 Å². The molecule has 1 aromatic carbocycles. The minimum absolute atomic E-state index is 0.138. The molecule has 1 unspecified atom stereocenters. The Morgan fingerprint density at radius 1 is 1.42 bits per heavy atom. The van der Waals surface area contributed by atoms with Gasteiger partial charge < -0.3 is 15.0 Å². The molecule has 1 heterocycles. The number of carbonyl (C=O) groups excluding carboxylic acids is 1. The summed E-state index contributed by atoms with van der Waals surface area (Å²) < 4.78 is 2.58. The Bertz CT molecular complexity index is 566. The predicted octanol–water partition coefficient (Wildman–Crippen LogP) is 2.25.